The Hall–Kier alpha value is -1.38. The lowest BCUT2D eigenvalue weighted by Crippen LogP contribution is -2.37. The standard InChI is InChI=1S/C12H16N2O2S/c1-10(2)14(9-8-13)17(15,16)12-6-4-11(3)5-7-12/h4-7,10H,9H2,1-3H3. The zero-order valence-electron chi connectivity index (χ0n) is 10.2. The second-order valence-electron chi connectivity index (χ2n) is 4.12. The molecule has 0 saturated carbocycles. The number of nitriles is 1. The van der Waals surface area contributed by atoms with Crippen molar-refractivity contribution in [3.05, 3.63) is 29.8 Å². The summed E-state index contributed by atoms with van der Waals surface area (Å²) in [4.78, 5) is 0.229. The molecule has 0 radical (unpaired) electrons. The van der Waals surface area contributed by atoms with Crippen LogP contribution in [0.15, 0.2) is 29.2 Å². The predicted molar refractivity (Wildman–Crippen MR) is 65.8 cm³/mol. The third-order valence-corrected chi connectivity index (χ3v) is 4.47. The van der Waals surface area contributed by atoms with Gasteiger partial charge in [0.15, 0.2) is 0 Å². The van der Waals surface area contributed by atoms with Crippen molar-refractivity contribution in [2.75, 3.05) is 6.54 Å². The summed E-state index contributed by atoms with van der Waals surface area (Å²) in [6.45, 7) is 5.27. The van der Waals surface area contributed by atoms with Gasteiger partial charge in [-0.2, -0.15) is 9.57 Å². The van der Waals surface area contributed by atoms with Gasteiger partial charge in [0.1, 0.15) is 6.54 Å². The van der Waals surface area contributed by atoms with E-state index in [4.69, 9.17) is 5.26 Å². The van der Waals surface area contributed by atoms with Crippen molar-refractivity contribution in [3.63, 3.8) is 0 Å². The highest BCUT2D eigenvalue weighted by atomic mass is 32.2. The lowest BCUT2D eigenvalue weighted by Gasteiger charge is -2.23. The first-order valence-electron chi connectivity index (χ1n) is 5.35. The molecule has 0 heterocycles. The van der Waals surface area contributed by atoms with E-state index in [0.717, 1.165) is 5.56 Å². The van der Waals surface area contributed by atoms with Gasteiger partial charge in [-0.25, -0.2) is 8.42 Å². The van der Waals surface area contributed by atoms with Crippen molar-refractivity contribution in [1.29, 1.82) is 5.26 Å². The highest BCUT2D eigenvalue weighted by Gasteiger charge is 2.26. The van der Waals surface area contributed by atoms with Crippen molar-refractivity contribution in [2.45, 2.75) is 31.7 Å². The first kappa shape index (κ1) is 13.7. The van der Waals surface area contributed by atoms with Crippen LogP contribution in [-0.4, -0.2) is 25.3 Å². The molecule has 0 fully saturated rings. The predicted octanol–water partition coefficient (Wildman–Crippen LogP) is 1.92. The van der Waals surface area contributed by atoms with Crippen LogP contribution in [0, 0.1) is 18.3 Å². The van der Waals surface area contributed by atoms with Crippen molar-refractivity contribution < 1.29 is 8.42 Å². The van der Waals surface area contributed by atoms with E-state index < -0.39 is 10.0 Å². The number of hydrogen-bond donors (Lipinski definition) is 0. The van der Waals surface area contributed by atoms with Crippen LogP contribution < -0.4 is 0 Å². The molecule has 1 aromatic carbocycles. The van der Waals surface area contributed by atoms with Crippen molar-refractivity contribution in [2.24, 2.45) is 0 Å². The van der Waals surface area contributed by atoms with Crippen LogP contribution in [-0.2, 0) is 10.0 Å². The highest BCUT2D eigenvalue weighted by Crippen LogP contribution is 2.18. The summed E-state index contributed by atoms with van der Waals surface area (Å²) in [6, 6.07) is 8.28. The van der Waals surface area contributed by atoms with Gasteiger partial charge in [0.2, 0.25) is 10.0 Å². The number of benzene rings is 1. The van der Waals surface area contributed by atoms with Crippen LogP contribution in [0.5, 0.6) is 0 Å². The van der Waals surface area contributed by atoms with Crippen LogP contribution in [0.25, 0.3) is 0 Å². The molecule has 0 aliphatic rings. The largest absolute Gasteiger partial charge is 0.244 e. The monoisotopic (exact) mass is 252 g/mol. The van der Waals surface area contributed by atoms with E-state index in [9.17, 15) is 8.42 Å². The average Bonchev–Trinajstić information content (AvgIpc) is 2.25. The Morgan fingerprint density at radius 1 is 1.29 bits per heavy atom. The van der Waals surface area contributed by atoms with E-state index in [1.54, 1.807) is 38.1 Å². The van der Waals surface area contributed by atoms with E-state index in [0.29, 0.717) is 0 Å². The molecule has 1 aromatic rings. The molecule has 4 nitrogen and oxygen atoms in total. The minimum absolute atomic E-state index is 0.131. The molecule has 0 aliphatic carbocycles. The minimum atomic E-state index is -3.57. The van der Waals surface area contributed by atoms with E-state index in [2.05, 4.69) is 0 Å². The molecule has 0 aliphatic heterocycles. The number of aryl methyl sites for hydroxylation is 1. The molecule has 0 bridgehead atoms. The van der Waals surface area contributed by atoms with Crippen LogP contribution in [0.2, 0.25) is 0 Å². The molecular weight excluding hydrogens is 236 g/mol. The molecule has 17 heavy (non-hydrogen) atoms. The third kappa shape index (κ3) is 3.05. The molecule has 0 aromatic heterocycles. The summed E-state index contributed by atoms with van der Waals surface area (Å²) in [5, 5.41) is 8.68. The van der Waals surface area contributed by atoms with Gasteiger partial charge in [0.25, 0.3) is 0 Å². The van der Waals surface area contributed by atoms with Crippen molar-refractivity contribution in [1.82, 2.24) is 4.31 Å². The van der Waals surface area contributed by atoms with Gasteiger partial charge in [-0.1, -0.05) is 17.7 Å². The lowest BCUT2D eigenvalue weighted by atomic mass is 10.2. The van der Waals surface area contributed by atoms with Gasteiger partial charge in [-0.15, -0.1) is 0 Å². The van der Waals surface area contributed by atoms with Gasteiger partial charge < -0.3 is 0 Å². The molecule has 0 amide bonds. The molecular formula is C12H16N2O2S. The average molecular weight is 252 g/mol. The van der Waals surface area contributed by atoms with Crippen molar-refractivity contribution in [3.8, 4) is 6.07 Å². The highest BCUT2D eigenvalue weighted by molar-refractivity contribution is 7.89. The maximum Gasteiger partial charge on any atom is 0.244 e. The molecule has 0 atom stereocenters. The Kier molecular flexibility index (Phi) is 4.27. The second-order valence-corrected chi connectivity index (χ2v) is 6.01. The van der Waals surface area contributed by atoms with E-state index >= 15 is 0 Å². The van der Waals surface area contributed by atoms with Crippen LogP contribution in [0.1, 0.15) is 19.4 Å². The van der Waals surface area contributed by atoms with Crippen LogP contribution >= 0.6 is 0 Å². The third-order valence-electron chi connectivity index (χ3n) is 2.43. The van der Waals surface area contributed by atoms with Gasteiger partial charge in [0.05, 0.1) is 11.0 Å². The SMILES string of the molecule is Cc1ccc(S(=O)(=O)N(CC#N)C(C)C)cc1. The zero-order valence-corrected chi connectivity index (χ0v) is 11.0. The molecule has 0 spiro atoms. The Morgan fingerprint density at radius 3 is 2.24 bits per heavy atom. The fourth-order valence-corrected chi connectivity index (χ4v) is 2.99. The number of hydrogen-bond acceptors (Lipinski definition) is 3. The fourth-order valence-electron chi connectivity index (χ4n) is 1.46. The summed E-state index contributed by atoms with van der Waals surface area (Å²) >= 11 is 0. The first-order chi connectivity index (χ1) is 7.89. The Labute approximate surface area is 103 Å². The quantitative estimate of drug-likeness (QED) is 0.769. The Morgan fingerprint density at radius 2 is 1.82 bits per heavy atom. The topological polar surface area (TPSA) is 61.2 Å². The first-order valence-corrected chi connectivity index (χ1v) is 6.79. The normalized spacial score (nSPS) is 11.8. The van der Waals surface area contributed by atoms with E-state index in [1.807, 2.05) is 13.0 Å². The zero-order chi connectivity index (χ0) is 13.1. The summed E-state index contributed by atoms with van der Waals surface area (Å²) in [6.07, 6.45) is 0. The smallest absolute Gasteiger partial charge is 0.207 e. The Bertz CT molecular complexity index is 512. The molecule has 0 unspecified atom stereocenters. The van der Waals surface area contributed by atoms with E-state index in [-0.39, 0.29) is 17.5 Å². The van der Waals surface area contributed by atoms with Crippen LogP contribution in [0.4, 0.5) is 0 Å². The molecule has 1 rings (SSSR count). The number of sulfonamides is 1. The summed E-state index contributed by atoms with van der Waals surface area (Å²) in [5.74, 6) is 0. The van der Waals surface area contributed by atoms with E-state index in [1.165, 1.54) is 4.31 Å². The maximum absolute atomic E-state index is 12.2. The molecule has 0 saturated heterocycles. The molecule has 92 valence electrons. The summed E-state index contributed by atoms with van der Waals surface area (Å²) in [5.41, 5.74) is 1.00. The number of rotatable bonds is 4. The second kappa shape index (κ2) is 5.30. The van der Waals surface area contributed by atoms with Crippen molar-refractivity contribution >= 4 is 10.0 Å². The van der Waals surface area contributed by atoms with Crippen LogP contribution in [0.3, 0.4) is 0 Å². The van der Waals surface area contributed by atoms with Gasteiger partial charge >= 0.3 is 0 Å². The van der Waals surface area contributed by atoms with Gasteiger partial charge in [-0.3, -0.25) is 0 Å². The summed E-state index contributed by atoms with van der Waals surface area (Å²) < 4.78 is 25.7. The Balaban J connectivity index is 3.17. The summed E-state index contributed by atoms with van der Waals surface area (Å²) in [7, 11) is -3.57. The molecule has 5 heteroatoms. The maximum atomic E-state index is 12.2. The van der Waals surface area contributed by atoms with Gasteiger partial charge in [-0.05, 0) is 32.9 Å². The lowest BCUT2D eigenvalue weighted by molar-refractivity contribution is 0.385. The number of nitrogens with zero attached hydrogens (tertiary/aromatic N) is 2. The molecule has 0 N–H and O–H groups in total. The van der Waals surface area contributed by atoms with Gasteiger partial charge in [0, 0.05) is 6.04 Å². The fraction of sp³-hybridized carbons (Fsp3) is 0.417. The minimum Gasteiger partial charge on any atom is -0.207 e.